The number of halogens is 1. The summed E-state index contributed by atoms with van der Waals surface area (Å²) in [6.07, 6.45) is 3.07. The van der Waals surface area contributed by atoms with E-state index >= 15 is 0 Å². The monoisotopic (exact) mass is 478 g/mol. The molecule has 0 bridgehead atoms. The smallest absolute Gasteiger partial charge is 0.188 e. The number of hydrogen-bond acceptors (Lipinski definition) is 4. The summed E-state index contributed by atoms with van der Waals surface area (Å²) in [5.41, 5.74) is 7.08. The molecule has 0 amide bonds. The Hall–Kier alpha value is -1.22. The molecule has 0 fully saturated rings. The van der Waals surface area contributed by atoms with Crippen molar-refractivity contribution in [3.05, 3.63) is 23.8 Å². The molecule has 0 aliphatic rings. The van der Waals surface area contributed by atoms with Gasteiger partial charge in [0.05, 0.1) is 14.2 Å². The summed E-state index contributed by atoms with van der Waals surface area (Å²) in [5.74, 6) is 2.00. The summed E-state index contributed by atoms with van der Waals surface area (Å²) in [5, 5.41) is 3.16. The number of ether oxygens (including phenoxy) is 2. The van der Waals surface area contributed by atoms with Crippen molar-refractivity contribution in [2.75, 3.05) is 46.9 Å². The van der Waals surface area contributed by atoms with Crippen LogP contribution < -0.4 is 20.5 Å². The number of benzene rings is 1. The normalized spacial score (nSPS) is 11.2. The number of rotatable bonds is 12. The highest BCUT2D eigenvalue weighted by molar-refractivity contribution is 14.0. The third-order valence-electron chi connectivity index (χ3n) is 4.23. The Kier molecular flexibility index (Phi) is 14.2. The van der Waals surface area contributed by atoms with Gasteiger partial charge in [0.25, 0.3) is 0 Å². The van der Waals surface area contributed by atoms with E-state index in [1.165, 1.54) is 0 Å². The summed E-state index contributed by atoms with van der Waals surface area (Å²) in [7, 11) is 3.28. The molecule has 0 aromatic heterocycles. The van der Waals surface area contributed by atoms with Gasteiger partial charge in [-0.15, -0.1) is 24.0 Å². The van der Waals surface area contributed by atoms with E-state index in [9.17, 15) is 0 Å². The van der Waals surface area contributed by atoms with E-state index < -0.39 is 0 Å². The maximum Gasteiger partial charge on any atom is 0.188 e. The molecule has 0 spiro atoms. The van der Waals surface area contributed by atoms with E-state index in [-0.39, 0.29) is 24.0 Å². The Morgan fingerprint density at radius 1 is 1.12 bits per heavy atom. The fraction of sp³-hybridized carbons (Fsp3) is 0.632. The lowest BCUT2D eigenvalue weighted by molar-refractivity contribution is 0.297. The summed E-state index contributed by atoms with van der Waals surface area (Å²) < 4.78 is 10.6. The first-order valence-corrected chi connectivity index (χ1v) is 9.11. The van der Waals surface area contributed by atoms with Gasteiger partial charge in [-0.25, -0.2) is 0 Å². The zero-order valence-corrected chi connectivity index (χ0v) is 18.9. The molecule has 0 atom stereocenters. The second kappa shape index (κ2) is 14.9. The fourth-order valence-corrected chi connectivity index (χ4v) is 2.61. The zero-order chi connectivity index (χ0) is 18.5. The average Bonchev–Trinajstić information content (AvgIpc) is 2.64. The highest BCUT2D eigenvalue weighted by atomic mass is 127. The number of nitrogens with one attached hydrogen (secondary N) is 1. The molecule has 6 nitrogen and oxygen atoms in total. The van der Waals surface area contributed by atoms with Gasteiger partial charge in [0.2, 0.25) is 0 Å². The molecule has 0 heterocycles. The molecule has 0 saturated heterocycles. The van der Waals surface area contributed by atoms with Gasteiger partial charge in [-0.2, -0.15) is 0 Å². The lowest BCUT2D eigenvalue weighted by atomic mass is 10.1. The molecule has 1 aromatic rings. The molecular weight excluding hydrogens is 443 g/mol. The van der Waals surface area contributed by atoms with Crippen molar-refractivity contribution in [2.24, 2.45) is 10.7 Å². The molecule has 1 rings (SSSR count). The highest BCUT2D eigenvalue weighted by Gasteiger charge is 2.04. The first-order valence-electron chi connectivity index (χ1n) is 9.11. The van der Waals surface area contributed by atoms with Crippen LogP contribution in [0.3, 0.4) is 0 Å². The number of nitrogens with zero attached hydrogens (tertiary/aromatic N) is 2. The number of guanidine groups is 1. The Balaban J connectivity index is 0.00000625. The minimum Gasteiger partial charge on any atom is -0.493 e. The van der Waals surface area contributed by atoms with Gasteiger partial charge in [-0.1, -0.05) is 19.9 Å². The predicted octanol–water partition coefficient (Wildman–Crippen LogP) is 2.89. The maximum absolute atomic E-state index is 5.92. The van der Waals surface area contributed by atoms with Gasteiger partial charge in [-0.05, 0) is 56.6 Å². The molecule has 0 saturated carbocycles. The van der Waals surface area contributed by atoms with E-state index in [4.69, 9.17) is 15.2 Å². The van der Waals surface area contributed by atoms with Gasteiger partial charge in [0.1, 0.15) is 0 Å². The van der Waals surface area contributed by atoms with Gasteiger partial charge in [0, 0.05) is 13.1 Å². The standard InChI is InChI=1S/C19H34N4O2.HI/c1-5-23(6-2)14-8-7-12-21-19(20)22-13-11-16-9-10-17(24-3)18(15-16)25-4;/h9-10,15H,5-8,11-14H2,1-4H3,(H3,20,21,22);1H. The molecule has 7 heteroatoms. The number of hydrogen-bond donors (Lipinski definition) is 2. The fourth-order valence-electron chi connectivity index (χ4n) is 2.61. The largest absolute Gasteiger partial charge is 0.493 e. The van der Waals surface area contributed by atoms with Gasteiger partial charge in [-0.3, -0.25) is 4.99 Å². The number of unbranched alkanes of at least 4 members (excludes halogenated alkanes) is 1. The predicted molar refractivity (Wildman–Crippen MR) is 120 cm³/mol. The molecule has 1 aromatic carbocycles. The topological polar surface area (TPSA) is 72.1 Å². The van der Waals surface area contributed by atoms with Crippen LogP contribution in [0, 0.1) is 0 Å². The van der Waals surface area contributed by atoms with Crippen molar-refractivity contribution in [1.29, 1.82) is 0 Å². The molecule has 150 valence electrons. The van der Waals surface area contributed by atoms with Crippen LogP contribution in [0.4, 0.5) is 0 Å². The van der Waals surface area contributed by atoms with Crippen LogP contribution in [0.2, 0.25) is 0 Å². The summed E-state index contributed by atoms with van der Waals surface area (Å²) in [6, 6.07) is 5.94. The van der Waals surface area contributed by atoms with Gasteiger partial charge < -0.3 is 25.4 Å². The van der Waals surface area contributed by atoms with Crippen molar-refractivity contribution < 1.29 is 9.47 Å². The van der Waals surface area contributed by atoms with E-state index in [0.717, 1.165) is 69.0 Å². The van der Waals surface area contributed by atoms with Crippen molar-refractivity contribution >= 4 is 29.9 Å². The average molecular weight is 478 g/mol. The van der Waals surface area contributed by atoms with Crippen LogP contribution in [-0.2, 0) is 6.42 Å². The van der Waals surface area contributed by atoms with E-state index in [0.29, 0.717) is 5.96 Å². The van der Waals surface area contributed by atoms with Gasteiger partial charge >= 0.3 is 0 Å². The summed E-state index contributed by atoms with van der Waals surface area (Å²) >= 11 is 0. The van der Waals surface area contributed by atoms with E-state index in [1.54, 1.807) is 14.2 Å². The van der Waals surface area contributed by atoms with E-state index in [1.807, 2.05) is 18.2 Å². The molecule has 0 radical (unpaired) electrons. The minimum absolute atomic E-state index is 0. The lowest BCUT2D eigenvalue weighted by Gasteiger charge is -2.17. The van der Waals surface area contributed by atoms with Crippen molar-refractivity contribution in [1.82, 2.24) is 10.2 Å². The van der Waals surface area contributed by atoms with Crippen LogP contribution in [0.15, 0.2) is 23.2 Å². The Morgan fingerprint density at radius 3 is 2.42 bits per heavy atom. The molecule has 0 unspecified atom stereocenters. The maximum atomic E-state index is 5.92. The van der Waals surface area contributed by atoms with Crippen molar-refractivity contribution in [3.63, 3.8) is 0 Å². The second-order valence-electron chi connectivity index (χ2n) is 5.87. The lowest BCUT2D eigenvalue weighted by Crippen LogP contribution is -2.33. The SMILES string of the molecule is CCN(CC)CCCCN=C(N)NCCc1ccc(OC)c(OC)c1.I. The van der Waals surface area contributed by atoms with Crippen molar-refractivity contribution in [2.45, 2.75) is 33.1 Å². The van der Waals surface area contributed by atoms with Crippen LogP contribution in [0.1, 0.15) is 32.3 Å². The number of aliphatic imine (C=N–C) groups is 1. The minimum atomic E-state index is 0. The molecule has 26 heavy (non-hydrogen) atoms. The Morgan fingerprint density at radius 2 is 1.81 bits per heavy atom. The molecule has 3 N–H and O–H groups in total. The van der Waals surface area contributed by atoms with E-state index in [2.05, 4.69) is 29.1 Å². The third-order valence-corrected chi connectivity index (χ3v) is 4.23. The Bertz CT molecular complexity index is 522. The summed E-state index contributed by atoms with van der Waals surface area (Å²) in [6.45, 7) is 9.26. The first kappa shape index (κ1) is 24.8. The highest BCUT2D eigenvalue weighted by Crippen LogP contribution is 2.27. The Labute approximate surface area is 175 Å². The zero-order valence-electron chi connectivity index (χ0n) is 16.6. The van der Waals surface area contributed by atoms with Crippen molar-refractivity contribution in [3.8, 4) is 11.5 Å². The molecular formula is C19H35IN4O2. The summed E-state index contributed by atoms with van der Waals surface area (Å²) in [4.78, 5) is 6.81. The van der Waals surface area contributed by atoms with Crippen LogP contribution >= 0.6 is 24.0 Å². The molecule has 0 aliphatic heterocycles. The first-order chi connectivity index (χ1) is 12.1. The molecule has 0 aliphatic carbocycles. The van der Waals surface area contributed by atoms with Crippen LogP contribution in [0.25, 0.3) is 0 Å². The number of nitrogens with two attached hydrogens (primary N) is 1. The number of methoxy groups -OCH3 is 2. The third kappa shape index (κ3) is 9.47. The van der Waals surface area contributed by atoms with Crippen LogP contribution in [-0.4, -0.2) is 57.8 Å². The quantitative estimate of drug-likeness (QED) is 0.209. The van der Waals surface area contributed by atoms with Crippen LogP contribution in [0.5, 0.6) is 11.5 Å². The second-order valence-corrected chi connectivity index (χ2v) is 5.87. The van der Waals surface area contributed by atoms with Gasteiger partial charge in [0.15, 0.2) is 17.5 Å².